The molecule has 1 saturated heterocycles. The molecule has 154 valence electrons. The lowest BCUT2D eigenvalue weighted by Gasteiger charge is -2.44. The number of nitrogens with zero attached hydrogens (tertiary/aromatic N) is 3. The molecule has 29 heavy (non-hydrogen) atoms. The predicted molar refractivity (Wildman–Crippen MR) is 114 cm³/mol. The fraction of sp³-hybridized carbons (Fsp3) is 0.476. The molecule has 1 fully saturated rings. The van der Waals surface area contributed by atoms with E-state index in [4.69, 9.17) is 4.74 Å². The summed E-state index contributed by atoms with van der Waals surface area (Å²) in [5.74, 6) is 1.90. The lowest BCUT2D eigenvalue weighted by atomic mass is 9.72. The van der Waals surface area contributed by atoms with Gasteiger partial charge in [-0.25, -0.2) is 14.8 Å². The van der Waals surface area contributed by atoms with Crippen LogP contribution in [0.5, 0.6) is 5.75 Å². The first-order valence-corrected chi connectivity index (χ1v) is 10.6. The Balaban J connectivity index is 1.57. The molecule has 0 radical (unpaired) electrons. The number of rotatable bonds is 4. The summed E-state index contributed by atoms with van der Waals surface area (Å²) in [6.45, 7) is 5.49. The number of fused-ring (bicyclic) bond motifs is 1. The van der Waals surface area contributed by atoms with Gasteiger partial charge in [-0.2, -0.15) is 0 Å². The number of benzene rings is 1. The minimum Gasteiger partial charge on any atom is -0.486 e. The summed E-state index contributed by atoms with van der Waals surface area (Å²) in [4.78, 5) is 22.2. The Kier molecular flexibility index (Phi) is 5.14. The normalized spacial score (nSPS) is 20.2. The van der Waals surface area contributed by atoms with Crippen LogP contribution in [0.4, 0.5) is 10.6 Å². The summed E-state index contributed by atoms with van der Waals surface area (Å²) >= 11 is 3.33. The Hall–Kier alpha value is -2.35. The molecule has 2 aliphatic heterocycles. The summed E-state index contributed by atoms with van der Waals surface area (Å²) in [5.41, 5.74) is 0.281. The monoisotopic (exact) mass is 460 g/mol. The Labute approximate surface area is 178 Å². The van der Waals surface area contributed by atoms with Crippen LogP contribution in [0.2, 0.25) is 0 Å². The third-order valence-electron chi connectivity index (χ3n) is 5.94. The maximum Gasteiger partial charge on any atom is 0.405 e. The highest BCUT2D eigenvalue weighted by Gasteiger charge is 2.51. The minimum absolute atomic E-state index is 0.124. The van der Waals surface area contributed by atoms with Crippen LogP contribution in [0, 0.1) is 0 Å². The molecule has 2 aliphatic rings. The van der Waals surface area contributed by atoms with Crippen LogP contribution in [0.15, 0.2) is 41.3 Å². The van der Waals surface area contributed by atoms with Crippen LogP contribution in [0.3, 0.4) is 0 Å². The van der Waals surface area contributed by atoms with Crippen LogP contribution in [-0.4, -0.2) is 45.4 Å². The minimum atomic E-state index is -1.00. The van der Waals surface area contributed by atoms with E-state index in [2.05, 4.69) is 42.2 Å². The number of para-hydroxylation sites is 1. The maximum absolute atomic E-state index is 11.3. The molecule has 1 spiro atoms. The number of hydrogen-bond acceptors (Lipinski definition) is 5. The van der Waals surface area contributed by atoms with Gasteiger partial charge in [0.05, 0.1) is 12.4 Å². The highest BCUT2D eigenvalue weighted by molar-refractivity contribution is 9.10. The molecule has 2 aromatic rings. The number of carboxylic acid groups (broad SMARTS) is 1. The van der Waals surface area contributed by atoms with E-state index >= 15 is 0 Å². The van der Waals surface area contributed by atoms with Gasteiger partial charge in [-0.15, -0.1) is 0 Å². The number of hydrogen-bond donors (Lipinski definition) is 2. The molecule has 2 N–H and O–H groups in total. The molecule has 1 aromatic heterocycles. The Bertz CT molecular complexity index is 895. The molecule has 4 rings (SSSR count). The van der Waals surface area contributed by atoms with Gasteiger partial charge in [0.15, 0.2) is 0 Å². The van der Waals surface area contributed by atoms with Crippen molar-refractivity contribution in [1.82, 2.24) is 15.3 Å². The van der Waals surface area contributed by atoms with Gasteiger partial charge in [-0.05, 0) is 42.3 Å². The number of anilines is 1. The van der Waals surface area contributed by atoms with Gasteiger partial charge in [0.2, 0.25) is 0 Å². The largest absolute Gasteiger partial charge is 0.486 e. The van der Waals surface area contributed by atoms with Crippen molar-refractivity contribution in [3.63, 3.8) is 0 Å². The number of piperidine rings is 1. The number of aromatic nitrogens is 2. The third-order valence-corrected chi connectivity index (χ3v) is 6.35. The Morgan fingerprint density at radius 3 is 2.69 bits per heavy atom. The highest BCUT2D eigenvalue weighted by Crippen LogP contribution is 2.52. The lowest BCUT2D eigenvalue weighted by Crippen LogP contribution is -2.52. The second-order valence-electron chi connectivity index (χ2n) is 8.46. The summed E-state index contributed by atoms with van der Waals surface area (Å²) in [6, 6.07) is 8.14. The summed E-state index contributed by atoms with van der Waals surface area (Å²) in [5, 5.41) is 11.9. The van der Waals surface area contributed by atoms with Crippen molar-refractivity contribution in [3.05, 3.63) is 46.8 Å². The first-order chi connectivity index (χ1) is 13.8. The SMILES string of the molecule is CC(C)(C[C@@H]1c2ccccc2OC12CCN(c1cnc(Br)cn1)CC2)NC(=O)O. The molecule has 1 aromatic carbocycles. The molecule has 0 saturated carbocycles. The summed E-state index contributed by atoms with van der Waals surface area (Å²) < 4.78 is 7.28. The second kappa shape index (κ2) is 7.48. The maximum atomic E-state index is 11.3. The first-order valence-electron chi connectivity index (χ1n) is 9.80. The van der Waals surface area contributed by atoms with Gasteiger partial charge in [-0.3, -0.25) is 0 Å². The molecular formula is C21H25BrN4O3. The van der Waals surface area contributed by atoms with E-state index in [0.29, 0.717) is 6.42 Å². The predicted octanol–water partition coefficient (Wildman–Crippen LogP) is 4.19. The Morgan fingerprint density at radius 1 is 1.31 bits per heavy atom. The number of carbonyl (C=O) groups is 1. The van der Waals surface area contributed by atoms with E-state index in [1.165, 1.54) is 5.56 Å². The molecule has 7 nitrogen and oxygen atoms in total. The van der Waals surface area contributed by atoms with Crippen molar-refractivity contribution in [2.75, 3.05) is 18.0 Å². The lowest BCUT2D eigenvalue weighted by molar-refractivity contribution is 0.0314. The standard InChI is InChI=1S/C21H25BrN4O3/c1-20(2,25-19(27)28)11-15-14-5-3-4-6-16(14)29-21(15)7-9-26(10-8-21)18-13-23-17(22)12-24-18/h3-6,12-13,15,25H,7-11H2,1-2H3,(H,27,28)/t15-/m1/s1. The van der Waals surface area contributed by atoms with Gasteiger partial charge in [0.1, 0.15) is 21.8 Å². The van der Waals surface area contributed by atoms with Crippen LogP contribution >= 0.6 is 15.9 Å². The van der Waals surface area contributed by atoms with E-state index in [0.717, 1.165) is 42.1 Å². The van der Waals surface area contributed by atoms with Crippen LogP contribution in [0.25, 0.3) is 0 Å². The smallest absolute Gasteiger partial charge is 0.405 e. The number of ether oxygens (including phenoxy) is 1. The van der Waals surface area contributed by atoms with E-state index in [1.54, 1.807) is 12.4 Å². The average molecular weight is 461 g/mol. The number of amides is 1. The fourth-order valence-corrected chi connectivity index (χ4v) is 4.82. The summed E-state index contributed by atoms with van der Waals surface area (Å²) in [7, 11) is 0. The van der Waals surface area contributed by atoms with E-state index < -0.39 is 11.6 Å². The van der Waals surface area contributed by atoms with Gasteiger partial charge < -0.3 is 20.1 Å². The molecule has 1 amide bonds. The molecule has 0 bridgehead atoms. The number of halogens is 1. The molecule has 1 atom stereocenters. The van der Waals surface area contributed by atoms with Crippen LogP contribution in [0.1, 0.15) is 44.6 Å². The van der Waals surface area contributed by atoms with Gasteiger partial charge in [0.25, 0.3) is 0 Å². The molecule has 0 aliphatic carbocycles. The average Bonchev–Trinajstić information content (AvgIpc) is 2.95. The Morgan fingerprint density at radius 2 is 2.03 bits per heavy atom. The zero-order valence-electron chi connectivity index (χ0n) is 16.6. The van der Waals surface area contributed by atoms with Crippen LogP contribution in [-0.2, 0) is 0 Å². The molecule has 3 heterocycles. The quantitative estimate of drug-likeness (QED) is 0.710. The van der Waals surface area contributed by atoms with Gasteiger partial charge in [0, 0.05) is 43.0 Å². The topological polar surface area (TPSA) is 87.6 Å². The van der Waals surface area contributed by atoms with Gasteiger partial charge >= 0.3 is 6.09 Å². The van der Waals surface area contributed by atoms with Crippen LogP contribution < -0.4 is 15.0 Å². The second-order valence-corrected chi connectivity index (χ2v) is 9.27. The zero-order valence-corrected chi connectivity index (χ0v) is 18.1. The van der Waals surface area contributed by atoms with Crippen molar-refractivity contribution in [3.8, 4) is 5.75 Å². The fourth-order valence-electron chi connectivity index (χ4n) is 4.62. The van der Waals surface area contributed by atoms with E-state index in [9.17, 15) is 9.90 Å². The van der Waals surface area contributed by atoms with Crippen molar-refractivity contribution in [2.45, 2.75) is 50.2 Å². The first kappa shape index (κ1) is 19.9. The van der Waals surface area contributed by atoms with E-state index in [1.807, 2.05) is 32.0 Å². The summed E-state index contributed by atoms with van der Waals surface area (Å²) in [6.07, 6.45) is 4.85. The third kappa shape index (κ3) is 4.03. The van der Waals surface area contributed by atoms with Gasteiger partial charge in [-0.1, -0.05) is 18.2 Å². The highest BCUT2D eigenvalue weighted by atomic mass is 79.9. The van der Waals surface area contributed by atoms with Crippen molar-refractivity contribution in [1.29, 1.82) is 0 Å². The zero-order chi connectivity index (χ0) is 20.6. The molecule has 0 unspecified atom stereocenters. The van der Waals surface area contributed by atoms with E-state index in [-0.39, 0.29) is 11.5 Å². The molecular weight excluding hydrogens is 436 g/mol. The van der Waals surface area contributed by atoms with Crippen molar-refractivity contribution < 1.29 is 14.6 Å². The molecule has 8 heteroatoms. The van der Waals surface area contributed by atoms with Crippen molar-refractivity contribution in [2.24, 2.45) is 0 Å². The van der Waals surface area contributed by atoms with Crippen molar-refractivity contribution >= 4 is 27.8 Å². The number of nitrogens with one attached hydrogen (secondary N) is 1.